The summed E-state index contributed by atoms with van der Waals surface area (Å²) in [6.45, 7) is 0. The van der Waals surface area contributed by atoms with E-state index in [9.17, 15) is 0 Å². The molecule has 0 radical (unpaired) electrons. The Bertz CT molecular complexity index is 2830. The highest BCUT2D eigenvalue weighted by molar-refractivity contribution is 7.26. The number of fused-ring (bicyclic) bond motifs is 7. The van der Waals surface area contributed by atoms with Crippen LogP contribution in [0.1, 0.15) is 0 Å². The Morgan fingerprint density at radius 1 is 0.306 bits per heavy atom. The summed E-state index contributed by atoms with van der Waals surface area (Å²) in [7, 11) is 0. The van der Waals surface area contributed by atoms with E-state index < -0.39 is 0 Å². The maximum Gasteiger partial charge on any atom is 0.0468 e. The summed E-state index contributed by atoms with van der Waals surface area (Å²) in [5.41, 5.74) is 8.29. The molecule has 2 heterocycles. The van der Waals surface area contributed by atoms with E-state index in [0.717, 1.165) is 17.1 Å². The van der Waals surface area contributed by atoms with Crippen molar-refractivity contribution in [2.75, 3.05) is 4.90 Å². The fraction of sp³-hybridized carbons (Fsp3) is 0. The van der Waals surface area contributed by atoms with Gasteiger partial charge < -0.3 is 4.90 Å². The van der Waals surface area contributed by atoms with Crippen molar-refractivity contribution in [3.8, 4) is 22.3 Å². The van der Waals surface area contributed by atoms with Crippen LogP contribution in [0.5, 0.6) is 0 Å². The predicted molar refractivity (Wildman–Crippen MR) is 215 cm³/mol. The molecule has 0 saturated carbocycles. The summed E-state index contributed by atoms with van der Waals surface area (Å²) < 4.78 is 5.28. The number of hydrogen-bond acceptors (Lipinski definition) is 3. The van der Waals surface area contributed by atoms with Gasteiger partial charge in [-0.25, -0.2) is 0 Å². The molecule has 0 fully saturated rings. The number of rotatable bonds is 5. The first-order chi connectivity index (χ1) is 24.3. The topological polar surface area (TPSA) is 3.24 Å². The molecule has 0 unspecified atom stereocenters. The van der Waals surface area contributed by atoms with Crippen molar-refractivity contribution in [3.05, 3.63) is 176 Å². The Morgan fingerprint density at radius 2 is 0.837 bits per heavy atom. The first-order valence-corrected chi connectivity index (χ1v) is 18.2. The monoisotopic (exact) mass is 659 g/mol. The largest absolute Gasteiger partial charge is 0.310 e. The van der Waals surface area contributed by atoms with Gasteiger partial charge in [0.15, 0.2) is 0 Å². The first-order valence-electron chi connectivity index (χ1n) is 16.6. The second kappa shape index (κ2) is 11.5. The van der Waals surface area contributed by atoms with Gasteiger partial charge in [0.25, 0.3) is 0 Å². The zero-order valence-electron chi connectivity index (χ0n) is 26.5. The zero-order valence-corrected chi connectivity index (χ0v) is 28.1. The normalized spacial score (nSPS) is 11.7. The minimum Gasteiger partial charge on any atom is -0.310 e. The molecular formula is C46H29NS2. The van der Waals surface area contributed by atoms with Gasteiger partial charge in [0.1, 0.15) is 0 Å². The van der Waals surface area contributed by atoms with Crippen molar-refractivity contribution >= 4 is 90.9 Å². The van der Waals surface area contributed by atoms with Crippen LogP contribution >= 0.6 is 22.7 Å². The van der Waals surface area contributed by atoms with Gasteiger partial charge in [-0.1, -0.05) is 109 Å². The van der Waals surface area contributed by atoms with E-state index in [1.165, 1.54) is 73.4 Å². The number of hydrogen-bond donors (Lipinski definition) is 0. The van der Waals surface area contributed by atoms with Crippen LogP contribution in [0.15, 0.2) is 176 Å². The standard InChI is InChI=1S/C46H29NS2/c1-2-13-37-30(9-1)10-8-16-38(37)31-19-22-34(23-20-31)47(36-24-26-46-42(29-36)40-15-4-6-18-44(40)49-46)35-12-7-11-32(27-35)33-21-25-45-41(28-33)39-14-3-5-17-43(39)48-45/h1-29H. The molecule has 0 aliphatic rings. The molecule has 2 aromatic heterocycles. The lowest BCUT2D eigenvalue weighted by molar-refractivity contribution is 1.29. The highest BCUT2D eigenvalue weighted by atomic mass is 32.1. The molecule has 230 valence electrons. The van der Waals surface area contributed by atoms with Crippen molar-refractivity contribution in [1.82, 2.24) is 0 Å². The number of thiophene rings is 2. The van der Waals surface area contributed by atoms with Gasteiger partial charge in [-0.2, -0.15) is 0 Å². The van der Waals surface area contributed by atoms with Gasteiger partial charge in [-0.05, 0) is 99.8 Å². The zero-order chi connectivity index (χ0) is 32.3. The molecule has 0 aliphatic heterocycles. The minimum absolute atomic E-state index is 1.12. The lowest BCUT2D eigenvalue weighted by Crippen LogP contribution is -2.10. The molecule has 0 bridgehead atoms. The molecule has 0 saturated heterocycles. The summed E-state index contributed by atoms with van der Waals surface area (Å²) in [6.07, 6.45) is 0. The van der Waals surface area contributed by atoms with Crippen LogP contribution in [0, 0.1) is 0 Å². The Hall–Kier alpha value is -5.74. The summed E-state index contributed by atoms with van der Waals surface area (Å²) >= 11 is 3.72. The highest BCUT2D eigenvalue weighted by Crippen LogP contribution is 2.43. The Balaban J connectivity index is 1.12. The lowest BCUT2D eigenvalue weighted by atomic mass is 9.98. The van der Waals surface area contributed by atoms with Crippen molar-refractivity contribution in [1.29, 1.82) is 0 Å². The average Bonchev–Trinajstić information content (AvgIpc) is 3.73. The van der Waals surface area contributed by atoms with E-state index in [-0.39, 0.29) is 0 Å². The molecule has 0 N–H and O–H groups in total. The second-order valence-electron chi connectivity index (χ2n) is 12.5. The van der Waals surface area contributed by atoms with Crippen LogP contribution in [0.25, 0.3) is 73.4 Å². The van der Waals surface area contributed by atoms with E-state index in [1.54, 1.807) is 0 Å². The summed E-state index contributed by atoms with van der Waals surface area (Å²) in [4.78, 5) is 2.40. The maximum absolute atomic E-state index is 2.40. The molecule has 0 atom stereocenters. The van der Waals surface area contributed by atoms with Crippen LogP contribution in [0.4, 0.5) is 17.1 Å². The number of anilines is 3. The third-order valence-corrected chi connectivity index (χ3v) is 12.0. The lowest BCUT2D eigenvalue weighted by Gasteiger charge is -2.26. The average molecular weight is 660 g/mol. The molecular weight excluding hydrogens is 631 g/mol. The SMILES string of the molecule is c1cc(-c2ccc3sc4ccccc4c3c2)cc(N(c2ccc(-c3cccc4ccccc34)cc2)c2ccc3sc4ccccc4c3c2)c1. The quantitative estimate of drug-likeness (QED) is 0.178. The Morgan fingerprint density at radius 3 is 1.61 bits per heavy atom. The van der Waals surface area contributed by atoms with Crippen LogP contribution in [-0.2, 0) is 0 Å². The van der Waals surface area contributed by atoms with Gasteiger partial charge in [0.05, 0.1) is 0 Å². The number of nitrogens with zero attached hydrogens (tertiary/aromatic N) is 1. The predicted octanol–water partition coefficient (Wildman–Crippen LogP) is 14.4. The van der Waals surface area contributed by atoms with Gasteiger partial charge in [0, 0.05) is 57.4 Å². The Labute approximate surface area is 292 Å². The fourth-order valence-corrected chi connectivity index (χ4v) is 9.47. The van der Waals surface area contributed by atoms with E-state index in [4.69, 9.17) is 0 Å². The van der Waals surface area contributed by atoms with Gasteiger partial charge in [-0.15, -0.1) is 22.7 Å². The summed E-state index contributed by atoms with van der Waals surface area (Å²) in [6, 6.07) is 64.5. The maximum atomic E-state index is 2.40. The molecule has 49 heavy (non-hydrogen) atoms. The van der Waals surface area contributed by atoms with E-state index >= 15 is 0 Å². The van der Waals surface area contributed by atoms with Crippen LogP contribution in [0.3, 0.4) is 0 Å². The molecule has 10 rings (SSSR count). The van der Waals surface area contributed by atoms with E-state index in [2.05, 4.69) is 181 Å². The number of benzene rings is 8. The van der Waals surface area contributed by atoms with Crippen LogP contribution in [-0.4, -0.2) is 0 Å². The van der Waals surface area contributed by atoms with Gasteiger partial charge in [-0.3, -0.25) is 0 Å². The summed E-state index contributed by atoms with van der Waals surface area (Å²) in [5.74, 6) is 0. The fourth-order valence-electron chi connectivity index (χ4n) is 7.30. The summed E-state index contributed by atoms with van der Waals surface area (Å²) in [5, 5.41) is 7.77. The molecule has 3 heteroatoms. The third kappa shape index (κ3) is 4.82. The van der Waals surface area contributed by atoms with Gasteiger partial charge >= 0.3 is 0 Å². The van der Waals surface area contributed by atoms with Crippen molar-refractivity contribution in [2.45, 2.75) is 0 Å². The van der Waals surface area contributed by atoms with Crippen molar-refractivity contribution in [3.63, 3.8) is 0 Å². The third-order valence-electron chi connectivity index (χ3n) is 9.66. The smallest absolute Gasteiger partial charge is 0.0468 e. The molecule has 0 aliphatic carbocycles. The first kappa shape index (κ1) is 28.3. The molecule has 10 aromatic rings. The second-order valence-corrected chi connectivity index (χ2v) is 14.7. The highest BCUT2D eigenvalue weighted by Gasteiger charge is 2.17. The molecule has 0 amide bonds. The van der Waals surface area contributed by atoms with Crippen LogP contribution in [0.2, 0.25) is 0 Å². The molecule has 1 nitrogen and oxygen atoms in total. The van der Waals surface area contributed by atoms with Gasteiger partial charge in [0.2, 0.25) is 0 Å². The van der Waals surface area contributed by atoms with E-state index in [1.807, 2.05) is 22.7 Å². The molecule has 0 spiro atoms. The Kier molecular flexibility index (Phi) is 6.61. The van der Waals surface area contributed by atoms with Crippen LogP contribution < -0.4 is 4.90 Å². The van der Waals surface area contributed by atoms with E-state index in [0.29, 0.717) is 0 Å². The van der Waals surface area contributed by atoms with Crippen molar-refractivity contribution in [2.24, 2.45) is 0 Å². The molecule has 8 aromatic carbocycles. The van der Waals surface area contributed by atoms with Crippen molar-refractivity contribution < 1.29 is 0 Å². The minimum atomic E-state index is 1.12.